The number of rotatable bonds is 6. The lowest BCUT2D eigenvalue weighted by atomic mass is 10.2. The van der Waals surface area contributed by atoms with Gasteiger partial charge < -0.3 is 20.1 Å². The van der Waals surface area contributed by atoms with Gasteiger partial charge in [-0.05, 0) is 42.0 Å². The number of methoxy groups -OCH3 is 1. The highest BCUT2D eigenvalue weighted by molar-refractivity contribution is 5.77. The molecule has 2 rings (SSSR count). The summed E-state index contributed by atoms with van der Waals surface area (Å²) in [6.07, 6.45) is 0. The SMILES string of the molecule is COc1ccc(CN(C)C(=O)COc2ccc(N)cc2)cc1. The van der Waals surface area contributed by atoms with Crippen LogP contribution >= 0.6 is 0 Å². The van der Waals surface area contributed by atoms with Crippen LogP contribution in [0.15, 0.2) is 48.5 Å². The van der Waals surface area contributed by atoms with E-state index in [2.05, 4.69) is 0 Å². The van der Waals surface area contributed by atoms with Crippen molar-refractivity contribution < 1.29 is 14.3 Å². The number of nitrogens with zero attached hydrogens (tertiary/aromatic N) is 1. The summed E-state index contributed by atoms with van der Waals surface area (Å²) in [4.78, 5) is 13.7. The molecule has 5 nitrogen and oxygen atoms in total. The van der Waals surface area contributed by atoms with Gasteiger partial charge in [0.1, 0.15) is 11.5 Å². The normalized spacial score (nSPS) is 10.1. The minimum absolute atomic E-state index is 0.00340. The van der Waals surface area contributed by atoms with E-state index in [-0.39, 0.29) is 12.5 Å². The zero-order valence-corrected chi connectivity index (χ0v) is 12.8. The molecule has 0 heterocycles. The van der Waals surface area contributed by atoms with Gasteiger partial charge in [-0.25, -0.2) is 0 Å². The molecule has 0 aromatic heterocycles. The lowest BCUT2D eigenvalue weighted by Gasteiger charge is -2.17. The number of likely N-dealkylation sites (N-methyl/N-ethyl adjacent to an activating group) is 1. The van der Waals surface area contributed by atoms with E-state index in [0.29, 0.717) is 18.0 Å². The van der Waals surface area contributed by atoms with Crippen molar-refractivity contribution in [2.24, 2.45) is 0 Å². The first kappa shape index (κ1) is 15.7. The van der Waals surface area contributed by atoms with E-state index in [1.54, 1.807) is 43.3 Å². The third kappa shape index (κ3) is 4.41. The number of amides is 1. The number of carbonyl (C=O) groups excluding carboxylic acids is 1. The van der Waals surface area contributed by atoms with Gasteiger partial charge in [-0.15, -0.1) is 0 Å². The molecule has 0 fully saturated rings. The largest absolute Gasteiger partial charge is 0.497 e. The van der Waals surface area contributed by atoms with E-state index in [1.165, 1.54) is 0 Å². The van der Waals surface area contributed by atoms with Crippen LogP contribution in [-0.4, -0.2) is 31.6 Å². The first-order chi connectivity index (χ1) is 10.6. The van der Waals surface area contributed by atoms with E-state index >= 15 is 0 Å². The molecule has 0 aliphatic rings. The van der Waals surface area contributed by atoms with Crippen LogP contribution in [0.3, 0.4) is 0 Å². The van der Waals surface area contributed by atoms with Crippen LogP contribution in [0.1, 0.15) is 5.56 Å². The number of carbonyl (C=O) groups is 1. The summed E-state index contributed by atoms with van der Waals surface area (Å²) in [7, 11) is 3.37. The molecule has 0 unspecified atom stereocenters. The molecule has 0 saturated carbocycles. The van der Waals surface area contributed by atoms with E-state index in [1.807, 2.05) is 24.3 Å². The van der Waals surface area contributed by atoms with Gasteiger partial charge in [-0.1, -0.05) is 12.1 Å². The molecule has 0 bridgehead atoms. The molecule has 1 amide bonds. The van der Waals surface area contributed by atoms with Gasteiger partial charge in [0.2, 0.25) is 0 Å². The molecule has 0 atom stereocenters. The van der Waals surface area contributed by atoms with Gasteiger partial charge in [-0.2, -0.15) is 0 Å². The second-order valence-corrected chi connectivity index (χ2v) is 4.96. The lowest BCUT2D eigenvalue weighted by Crippen LogP contribution is -2.30. The molecule has 2 aromatic carbocycles. The molecule has 0 radical (unpaired) electrons. The summed E-state index contributed by atoms with van der Waals surface area (Å²) in [6.45, 7) is 0.518. The Labute approximate surface area is 130 Å². The molecule has 0 aliphatic carbocycles. The second-order valence-electron chi connectivity index (χ2n) is 4.96. The van der Waals surface area contributed by atoms with Gasteiger partial charge in [0, 0.05) is 19.3 Å². The minimum atomic E-state index is -0.0901. The van der Waals surface area contributed by atoms with E-state index in [0.717, 1.165) is 11.3 Å². The maximum atomic E-state index is 12.1. The Morgan fingerprint density at radius 3 is 2.23 bits per heavy atom. The first-order valence-electron chi connectivity index (χ1n) is 6.93. The van der Waals surface area contributed by atoms with Crippen molar-refractivity contribution in [2.75, 3.05) is 26.5 Å². The average molecular weight is 300 g/mol. The first-order valence-corrected chi connectivity index (χ1v) is 6.93. The predicted octanol–water partition coefficient (Wildman–Crippen LogP) is 2.31. The predicted molar refractivity (Wildman–Crippen MR) is 85.8 cm³/mol. The molecule has 2 aromatic rings. The van der Waals surface area contributed by atoms with Gasteiger partial charge in [0.15, 0.2) is 6.61 Å². The van der Waals surface area contributed by atoms with Crippen molar-refractivity contribution in [3.05, 3.63) is 54.1 Å². The van der Waals surface area contributed by atoms with Crippen molar-refractivity contribution in [3.8, 4) is 11.5 Å². The Hall–Kier alpha value is -2.69. The number of hydrogen-bond donors (Lipinski definition) is 1. The molecule has 2 N–H and O–H groups in total. The van der Waals surface area contributed by atoms with Crippen molar-refractivity contribution >= 4 is 11.6 Å². The van der Waals surface area contributed by atoms with Crippen molar-refractivity contribution in [1.29, 1.82) is 0 Å². The molecule has 22 heavy (non-hydrogen) atoms. The minimum Gasteiger partial charge on any atom is -0.497 e. The summed E-state index contributed by atoms with van der Waals surface area (Å²) < 4.78 is 10.6. The number of hydrogen-bond acceptors (Lipinski definition) is 4. The Morgan fingerprint density at radius 2 is 1.64 bits per heavy atom. The second kappa shape index (κ2) is 7.36. The summed E-state index contributed by atoms with van der Waals surface area (Å²) in [5.41, 5.74) is 7.29. The maximum Gasteiger partial charge on any atom is 0.260 e. The van der Waals surface area contributed by atoms with Crippen LogP contribution in [-0.2, 0) is 11.3 Å². The summed E-state index contributed by atoms with van der Waals surface area (Å²) in [6, 6.07) is 14.6. The number of benzene rings is 2. The summed E-state index contributed by atoms with van der Waals surface area (Å²) in [5, 5.41) is 0. The smallest absolute Gasteiger partial charge is 0.260 e. The highest BCUT2D eigenvalue weighted by Gasteiger charge is 2.10. The molecule has 116 valence electrons. The molecule has 0 saturated heterocycles. The highest BCUT2D eigenvalue weighted by Crippen LogP contribution is 2.14. The molecule has 0 spiro atoms. The standard InChI is InChI=1S/C17H20N2O3/c1-19(11-13-3-7-15(21-2)8-4-13)17(20)12-22-16-9-5-14(18)6-10-16/h3-10H,11-12,18H2,1-2H3. The van der Waals surface area contributed by atoms with Crippen LogP contribution < -0.4 is 15.2 Å². The number of ether oxygens (including phenoxy) is 2. The van der Waals surface area contributed by atoms with Crippen molar-refractivity contribution in [2.45, 2.75) is 6.54 Å². The van der Waals surface area contributed by atoms with Crippen molar-refractivity contribution in [3.63, 3.8) is 0 Å². The van der Waals surface area contributed by atoms with E-state index < -0.39 is 0 Å². The topological polar surface area (TPSA) is 64.8 Å². The maximum absolute atomic E-state index is 12.1. The molecule has 5 heteroatoms. The zero-order chi connectivity index (χ0) is 15.9. The number of anilines is 1. The van der Waals surface area contributed by atoms with Crippen LogP contribution in [0.2, 0.25) is 0 Å². The monoisotopic (exact) mass is 300 g/mol. The Bertz CT molecular complexity index is 609. The summed E-state index contributed by atoms with van der Waals surface area (Å²) >= 11 is 0. The Balaban J connectivity index is 1.84. The van der Waals surface area contributed by atoms with Crippen LogP contribution in [0.5, 0.6) is 11.5 Å². The van der Waals surface area contributed by atoms with Gasteiger partial charge >= 0.3 is 0 Å². The van der Waals surface area contributed by atoms with Crippen LogP contribution in [0, 0.1) is 0 Å². The van der Waals surface area contributed by atoms with Crippen molar-refractivity contribution in [1.82, 2.24) is 4.90 Å². The van der Waals surface area contributed by atoms with Gasteiger partial charge in [0.05, 0.1) is 7.11 Å². The van der Waals surface area contributed by atoms with Gasteiger partial charge in [-0.3, -0.25) is 4.79 Å². The van der Waals surface area contributed by atoms with E-state index in [4.69, 9.17) is 15.2 Å². The van der Waals surface area contributed by atoms with Crippen LogP contribution in [0.25, 0.3) is 0 Å². The summed E-state index contributed by atoms with van der Waals surface area (Å²) in [5.74, 6) is 1.33. The Kier molecular flexibility index (Phi) is 5.25. The van der Waals surface area contributed by atoms with Crippen LogP contribution in [0.4, 0.5) is 5.69 Å². The fourth-order valence-corrected chi connectivity index (χ4v) is 1.91. The fraction of sp³-hybridized carbons (Fsp3) is 0.235. The zero-order valence-electron chi connectivity index (χ0n) is 12.8. The average Bonchev–Trinajstić information content (AvgIpc) is 2.54. The number of nitrogens with two attached hydrogens (primary N) is 1. The van der Waals surface area contributed by atoms with Gasteiger partial charge in [0.25, 0.3) is 5.91 Å². The lowest BCUT2D eigenvalue weighted by molar-refractivity contribution is -0.132. The molecular weight excluding hydrogens is 280 g/mol. The number of nitrogen functional groups attached to an aromatic ring is 1. The van der Waals surface area contributed by atoms with E-state index in [9.17, 15) is 4.79 Å². The third-order valence-corrected chi connectivity index (χ3v) is 3.25. The third-order valence-electron chi connectivity index (χ3n) is 3.25. The highest BCUT2D eigenvalue weighted by atomic mass is 16.5. The molecular formula is C17H20N2O3. The Morgan fingerprint density at radius 1 is 1.05 bits per heavy atom. The quantitative estimate of drug-likeness (QED) is 0.832. The fourth-order valence-electron chi connectivity index (χ4n) is 1.91. The molecule has 0 aliphatic heterocycles.